The van der Waals surface area contributed by atoms with Gasteiger partial charge in [0.25, 0.3) is 0 Å². The van der Waals surface area contributed by atoms with Gasteiger partial charge in [0.05, 0.1) is 13.2 Å². The Hall–Kier alpha value is -5.39. The predicted molar refractivity (Wildman–Crippen MR) is 176 cm³/mol. The van der Waals surface area contributed by atoms with Gasteiger partial charge < -0.3 is 43.8 Å². The molecule has 6 rings (SSSR count). The Morgan fingerprint density at radius 3 is 2.29 bits per heavy atom. The Bertz CT molecular complexity index is 1860. The van der Waals surface area contributed by atoms with E-state index in [9.17, 15) is 19.5 Å². The fraction of sp³-hybridized carbons (Fsp3) is 0.441. The number of rotatable bonds is 12. The Kier molecular flexibility index (Phi) is 10.3. The topological polar surface area (TPSA) is 225 Å². The molecule has 17 nitrogen and oxygen atoms in total. The zero-order chi connectivity index (χ0) is 36.3. The summed E-state index contributed by atoms with van der Waals surface area (Å²) in [5.74, 6) is 0.190. The Morgan fingerprint density at radius 2 is 1.69 bits per heavy atom. The van der Waals surface area contributed by atoms with E-state index in [1.165, 1.54) is 20.8 Å². The SMILES string of the molecule is CCCc1nc(C(C)(C)O)c(C(=O)OC(C)OC(=O)O[C@@H]2CO[C@H]3[C@@H]2OC[C@H]3OC(N)=O)n1Cc1ccc(-c2ccccc2-c2nn[nH]n2)cc1. The molecule has 5 atom stereocenters. The van der Waals surface area contributed by atoms with Gasteiger partial charge in [-0.25, -0.2) is 19.4 Å². The van der Waals surface area contributed by atoms with Crippen molar-refractivity contribution in [3.8, 4) is 22.5 Å². The van der Waals surface area contributed by atoms with Crippen molar-refractivity contribution in [2.75, 3.05) is 13.2 Å². The van der Waals surface area contributed by atoms with Crippen LogP contribution in [-0.4, -0.2) is 97.4 Å². The highest BCUT2D eigenvalue weighted by Crippen LogP contribution is 2.33. The number of carbonyl (C=O) groups is 3. The number of carbonyl (C=O) groups excluding carboxylic acids is 3. The van der Waals surface area contributed by atoms with Gasteiger partial charge in [0.1, 0.15) is 29.3 Å². The number of aryl methyl sites for hydroxylation is 1. The van der Waals surface area contributed by atoms with Gasteiger partial charge in [-0.3, -0.25) is 0 Å². The van der Waals surface area contributed by atoms with Gasteiger partial charge in [-0.1, -0.05) is 55.5 Å². The van der Waals surface area contributed by atoms with Crippen molar-refractivity contribution in [1.82, 2.24) is 30.2 Å². The molecule has 4 N–H and O–H groups in total. The highest BCUT2D eigenvalue weighted by Gasteiger charge is 2.51. The van der Waals surface area contributed by atoms with Crippen LogP contribution in [0.4, 0.5) is 9.59 Å². The number of esters is 1. The monoisotopic (exact) mass is 705 g/mol. The number of amides is 1. The second-order valence-electron chi connectivity index (χ2n) is 12.7. The predicted octanol–water partition coefficient (Wildman–Crippen LogP) is 3.24. The molecule has 51 heavy (non-hydrogen) atoms. The van der Waals surface area contributed by atoms with E-state index in [1.54, 1.807) is 4.57 Å². The van der Waals surface area contributed by atoms with Gasteiger partial charge in [-0.05, 0) is 42.2 Å². The van der Waals surface area contributed by atoms with Crippen molar-refractivity contribution in [2.24, 2.45) is 5.73 Å². The van der Waals surface area contributed by atoms with E-state index in [4.69, 9.17) is 34.2 Å². The molecule has 270 valence electrons. The van der Waals surface area contributed by atoms with E-state index >= 15 is 0 Å². The third kappa shape index (κ3) is 7.84. The summed E-state index contributed by atoms with van der Waals surface area (Å²) in [5.41, 5.74) is 7.24. The minimum absolute atomic E-state index is 0.0215. The molecule has 2 aromatic carbocycles. The molecule has 17 heteroatoms. The molecule has 2 aromatic heterocycles. The zero-order valence-electron chi connectivity index (χ0n) is 28.5. The van der Waals surface area contributed by atoms with Gasteiger partial charge in [0.15, 0.2) is 17.9 Å². The molecule has 2 aliphatic heterocycles. The van der Waals surface area contributed by atoms with Crippen LogP contribution in [0.5, 0.6) is 0 Å². The summed E-state index contributed by atoms with van der Waals surface area (Å²) in [6.07, 6.45) is -5.19. The van der Waals surface area contributed by atoms with Crippen molar-refractivity contribution < 1.29 is 47.9 Å². The molecule has 4 heterocycles. The molecular formula is C34H39N7O10. The number of tetrazole rings is 1. The van der Waals surface area contributed by atoms with E-state index in [-0.39, 0.29) is 31.1 Å². The van der Waals surface area contributed by atoms with Crippen LogP contribution >= 0.6 is 0 Å². The van der Waals surface area contributed by atoms with Crippen molar-refractivity contribution in [2.45, 2.75) is 83.4 Å². The van der Waals surface area contributed by atoms with Crippen LogP contribution < -0.4 is 5.73 Å². The van der Waals surface area contributed by atoms with Crippen LogP contribution in [0.3, 0.4) is 0 Å². The number of H-pyrrole nitrogens is 1. The Balaban J connectivity index is 1.17. The largest absolute Gasteiger partial charge is 0.511 e. The number of hydrogen-bond acceptors (Lipinski definition) is 14. The number of fused-ring (bicyclic) bond motifs is 1. The number of benzene rings is 2. The standard InChI is InChI=1S/C34H39N7O10/c1-5-8-25-36-29(34(3,4)45)26(31(42)48-18(2)49-33(44)51-24-17-47-27-23(50-32(35)43)16-46-28(24)27)41(25)15-19-11-13-20(14-12-19)21-9-6-7-10-22(21)30-37-39-40-38-30/h6-7,9-14,18,23-24,27-28,45H,5,8,15-17H2,1-4H3,(H2,35,43)(H,37,38,39,40)/t18?,23-,24-,27-,28-/m1/s1. The number of ether oxygens (including phenoxy) is 6. The summed E-state index contributed by atoms with van der Waals surface area (Å²) in [5, 5.41) is 25.5. The minimum Gasteiger partial charge on any atom is -0.441 e. The molecule has 0 aliphatic carbocycles. The lowest BCUT2D eigenvalue weighted by Crippen LogP contribution is -2.37. The fourth-order valence-electron chi connectivity index (χ4n) is 6.19. The Morgan fingerprint density at radius 1 is 1.02 bits per heavy atom. The van der Waals surface area contributed by atoms with Crippen LogP contribution in [0.1, 0.15) is 61.7 Å². The molecule has 1 unspecified atom stereocenters. The number of aliphatic hydroxyl groups is 1. The number of primary amides is 1. The van der Waals surface area contributed by atoms with E-state index in [1.807, 2.05) is 55.5 Å². The highest BCUT2D eigenvalue weighted by molar-refractivity contribution is 5.89. The number of nitrogens with one attached hydrogen (secondary N) is 1. The van der Waals surface area contributed by atoms with Crippen molar-refractivity contribution >= 4 is 18.2 Å². The first-order valence-electron chi connectivity index (χ1n) is 16.4. The lowest BCUT2D eigenvalue weighted by Gasteiger charge is -2.21. The second-order valence-corrected chi connectivity index (χ2v) is 12.7. The summed E-state index contributed by atoms with van der Waals surface area (Å²) < 4.78 is 34.1. The fourth-order valence-corrected chi connectivity index (χ4v) is 6.19. The van der Waals surface area contributed by atoms with Gasteiger partial charge in [-0.2, -0.15) is 5.21 Å². The van der Waals surface area contributed by atoms with Crippen molar-refractivity contribution in [1.29, 1.82) is 0 Å². The summed E-state index contributed by atoms with van der Waals surface area (Å²) in [6.45, 7) is 6.63. The van der Waals surface area contributed by atoms with Crippen molar-refractivity contribution in [3.63, 3.8) is 0 Å². The number of hydrogen-bond donors (Lipinski definition) is 3. The van der Waals surface area contributed by atoms with Crippen LogP contribution in [0.15, 0.2) is 48.5 Å². The van der Waals surface area contributed by atoms with E-state index in [0.29, 0.717) is 18.1 Å². The lowest BCUT2D eigenvalue weighted by molar-refractivity contribution is -0.0993. The molecule has 4 aromatic rings. The summed E-state index contributed by atoms with van der Waals surface area (Å²) in [6, 6.07) is 15.5. The van der Waals surface area contributed by atoms with Crippen LogP contribution in [0.25, 0.3) is 22.5 Å². The molecule has 0 saturated carbocycles. The molecule has 0 radical (unpaired) electrons. The maximum absolute atomic E-state index is 13.8. The van der Waals surface area contributed by atoms with Crippen LogP contribution in [0, 0.1) is 0 Å². The number of aromatic amines is 1. The number of nitrogens with zero attached hydrogens (tertiary/aromatic N) is 5. The summed E-state index contributed by atoms with van der Waals surface area (Å²) in [4.78, 5) is 42.3. The number of nitrogens with two attached hydrogens (primary N) is 1. The molecule has 1 amide bonds. The summed E-state index contributed by atoms with van der Waals surface area (Å²) >= 11 is 0. The van der Waals surface area contributed by atoms with E-state index in [0.717, 1.165) is 28.7 Å². The highest BCUT2D eigenvalue weighted by atomic mass is 16.8. The molecule has 2 fully saturated rings. The van der Waals surface area contributed by atoms with Crippen LogP contribution in [-0.2, 0) is 47.0 Å². The first kappa shape index (κ1) is 35.4. The Labute approximate surface area is 292 Å². The number of aromatic nitrogens is 6. The van der Waals surface area contributed by atoms with Gasteiger partial charge >= 0.3 is 18.2 Å². The quantitative estimate of drug-likeness (QED) is 0.109. The minimum atomic E-state index is -1.51. The third-order valence-electron chi connectivity index (χ3n) is 8.42. The van der Waals surface area contributed by atoms with E-state index < -0.39 is 54.5 Å². The first-order valence-corrected chi connectivity index (χ1v) is 16.4. The second kappa shape index (κ2) is 14.8. The van der Waals surface area contributed by atoms with Crippen LogP contribution in [0.2, 0.25) is 0 Å². The first-order chi connectivity index (χ1) is 24.4. The average molecular weight is 706 g/mol. The normalized spacial score (nSPS) is 20.4. The van der Waals surface area contributed by atoms with Gasteiger partial charge in [-0.15, -0.1) is 10.2 Å². The maximum atomic E-state index is 13.8. The van der Waals surface area contributed by atoms with Gasteiger partial charge in [0.2, 0.25) is 12.1 Å². The molecule has 0 spiro atoms. The number of imidazole rings is 1. The molecule has 2 aliphatic rings. The lowest BCUT2D eigenvalue weighted by atomic mass is 9.98. The molecule has 2 saturated heterocycles. The maximum Gasteiger partial charge on any atom is 0.511 e. The average Bonchev–Trinajstić information content (AvgIpc) is 3.88. The van der Waals surface area contributed by atoms with E-state index in [2.05, 4.69) is 25.6 Å². The smallest absolute Gasteiger partial charge is 0.441 e. The molecule has 0 bridgehead atoms. The third-order valence-corrected chi connectivity index (χ3v) is 8.42. The van der Waals surface area contributed by atoms with Crippen molar-refractivity contribution in [3.05, 3.63) is 71.3 Å². The van der Waals surface area contributed by atoms with Gasteiger partial charge in [0, 0.05) is 25.5 Å². The molecular weight excluding hydrogens is 666 g/mol. The summed E-state index contributed by atoms with van der Waals surface area (Å²) in [7, 11) is 0. The zero-order valence-corrected chi connectivity index (χ0v) is 28.5.